The van der Waals surface area contributed by atoms with Gasteiger partial charge in [-0.05, 0) is 61.7 Å². The minimum Gasteiger partial charge on any atom is -0.493 e. The number of carbonyl (C=O) groups excluding carboxylic acids is 2. The number of anilines is 1. The Labute approximate surface area is 175 Å². The molecule has 0 saturated carbocycles. The van der Waals surface area contributed by atoms with E-state index in [1.165, 1.54) is 6.08 Å². The Hall–Kier alpha value is -2.99. The van der Waals surface area contributed by atoms with Crippen LogP contribution in [-0.2, 0) is 14.3 Å². The lowest BCUT2D eigenvalue weighted by Gasteiger charge is -2.11. The number of hydrogen-bond donors (Lipinski definition) is 1. The number of hydrogen-bond acceptors (Lipinski definition) is 5. The molecule has 2 aromatic carbocycles. The van der Waals surface area contributed by atoms with Gasteiger partial charge in [-0.1, -0.05) is 23.7 Å². The van der Waals surface area contributed by atoms with E-state index < -0.39 is 18.5 Å². The lowest BCUT2D eigenvalue weighted by atomic mass is 10.1. The van der Waals surface area contributed by atoms with Crippen molar-refractivity contribution in [2.24, 2.45) is 0 Å². The maximum Gasteiger partial charge on any atom is 0.331 e. The molecule has 0 spiro atoms. The van der Waals surface area contributed by atoms with Crippen molar-refractivity contribution >= 4 is 35.2 Å². The summed E-state index contributed by atoms with van der Waals surface area (Å²) in [4.78, 5) is 24.0. The molecule has 1 amide bonds. The lowest BCUT2D eigenvalue weighted by Crippen LogP contribution is -2.20. The summed E-state index contributed by atoms with van der Waals surface area (Å²) in [7, 11) is 1.56. The molecule has 29 heavy (non-hydrogen) atoms. The normalized spacial score (nSPS) is 10.7. The molecule has 0 aromatic heterocycles. The average Bonchev–Trinajstić information content (AvgIpc) is 2.68. The van der Waals surface area contributed by atoms with E-state index in [0.717, 1.165) is 16.7 Å². The molecule has 0 saturated heterocycles. The van der Waals surface area contributed by atoms with Gasteiger partial charge in [-0.15, -0.1) is 0 Å². The highest BCUT2D eigenvalue weighted by atomic mass is 35.5. The standard InChI is InChI=1S/C22H24ClNO5/c1-5-28-19-12-16(6-8-18(19)27-4)7-9-21(26)29-13-20(25)24-22-15(3)10-14(2)11-17(22)23/h6-12H,5,13H2,1-4H3,(H,24,25)/b9-7+. The zero-order valence-electron chi connectivity index (χ0n) is 16.9. The van der Waals surface area contributed by atoms with Gasteiger partial charge in [-0.25, -0.2) is 4.79 Å². The van der Waals surface area contributed by atoms with Crippen LogP contribution in [0.4, 0.5) is 5.69 Å². The third kappa shape index (κ3) is 6.54. The molecule has 0 aliphatic heterocycles. The molecule has 0 aliphatic rings. The third-order valence-corrected chi connectivity index (χ3v) is 4.24. The molecular weight excluding hydrogens is 394 g/mol. The van der Waals surface area contributed by atoms with Crippen LogP contribution in [0.5, 0.6) is 11.5 Å². The number of esters is 1. The number of carbonyl (C=O) groups is 2. The van der Waals surface area contributed by atoms with Crippen molar-refractivity contribution in [1.29, 1.82) is 0 Å². The summed E-state index contributed by atoms with van der Waals surface area (Å²) in [6.45, 7) is 5.70. The first-order chi connectivity index (χ1) is 13.8. The fourth-order valence-electron chi connectivity index (χ4n) is 2.66. The average molecular weight is 418 g/mol. The first-order valence-electron chi connectivity index (χ1n) is 9.06. The van der Waals surface area contributed by atoms with Crippen molar-refractivity contribution in [3.05, 3.63) is 58.1 Å². The maximum absolute atomic E-state index is 12.1. The van der Waals surface area contributed by atoms with E-state index >= 15 is 0 Å². The fraction of sp³-hybridized carbons (Fsp3) is 0.273. The van der Waals surface area contributed by atoms with Crippen LogP contribution in [-0.4, -0.2) is 32.2 Å². The van der Waals surface area contributed by atoms with E-state index in [1.807, 2.05) is 26.8 Å². The monoisotopic (exact) mass is 417 g/mol. The fourth-order valence-corrected chi connectivity index (χ4v) is 3.03. The van der Waals surface area contributed by atoms with Gasteiger partial charge >= 0.3 is 5.97 Å². The van der Waals surface area contributed by atoms with Crippen LogP contribution in [0.25, 0.3) is 6.08 Å². The number of ether oxygens (including phenoxy) is 3. The third-order valence-electron chi connectivity index (χ3n) is 3.94. The summed E-state index contributed by atoms with van der Waals surface area (Å²) >= 11 is 6.16. The Balaban J connectivity index is 1.93. The van der Waals surface area contributed by atoms with Crippen molar-refractivity contribution in [2.75, 3.05) is 25.6 Å². The molecule has 2 aromatic rings. The molecule has 154 valence electrons. The van der Waals surface area contributed by atoms with E-state index in [1.54, 1.807) is 37.5 Å². The second kappa shape index (κ2) is 10.5. The van der Waals surface area contributed by atoms with Gasteiger partial charge in [-0.3, -0.25) is 4.79 Å². The number of methoxy groups -OCH3 is 1. The molecule has 0 bridgehead atoms. The van der Waals surface area contributed by atoms with E-state index in [2.05, 4.69) is 5.32 Å². The van der Waals surface area contributed by atoms with Crippen LogP contribution >= 0.6 is 11.6 Å². The van der Waals surface area contributed by atoms with Crippen molar-refractivity contribution < 1.29 is 23.8 Å². The Bertz CT molecular complexity index is 900. The van der Waals surface area contributed by atoms with Gasteiger partial charge in [0.1, 0.15) is 0 Å². The number of amides is 1. The summed E-state index contributed by atoms with van der Waals surface area (Å²) < 4.78 is 15.7. The summed E-state index contributed by atoms with van der Waals surface area (Å²) in [6, 6.07) is 8.93. The Morgan fingerprint density at radius 1 is 1.14 bits per heavy atom. The molecule has 6 nitrogen and oxygen atoms in total. The minimum atomic E-state index is -0.638. The van der Waals surface area contributed by atoms with Crippen molar-refractivity contribution in [3.63, 3.8) is 0 Å². The summed E-state index contributed by atoms with van der Waals surface area (Å²) in [5, 5.41) is 3.10. The second-order valence-electron chi connectivity index (χ2n) is 6.27. The molecular formula is C22H24ClNO5. The molecule has 0 aliphatic carbocycles. The number of nitrogens with one attached hydrogen (secondary N) is 1. The molecule has 0 unspecified atom stereocenters. The SMILES string of the molecule is CCOc1cc(/C=C/C(=O)OCC(=O)Nc2c(C)cc(C)cc2Cl)ccc1OC. The first-order valence-corrected chi connectivity index (χ1v) is 9.44. The smallest absolute Gasteiger partial charge is 0.331 e. The highest BCUT2D eigenvalue weighted by molar-refractivity contribution is 6.34. The molecule has 0 heterocycles. The molecule has 0 atom stereocenters. The summed E-state index contributed by atoms with van der Waals surface area (Å²) in [5.41, 5.74) is 3.07. The highest BCUT2D eigenvalue weighted by Crippen LogP contribution is 2.29. The van der Waals surface area contributed by atoms with Crippen LogP contribution in [0, 0.1) is 13.8 Å². The van der Waals surface area contributed by atoms with Gasteiger partial charge in [0.2, 0.25) is 0 Å². The zero-order chi connectivity index (χ0) is 21.4. The van der Waals surface area contributed by atoms with Crippen LogP contribution < -0.4 is 14.8 Å². The Morgan fingerprint density at radius 3 is 2.55 bits per heavy atom. The number of halogens is 1. The largest absolute Gasteiger partial charge is 0.493 e. The molecule has 0 fully saturated rings. The van der Waals surface area contributed by atoms with Gasteiger partial charge in [0.25, 0.3) is 5.91 Å². The van der Waals surface area contributed by atoms with Gasteiger partial charge in [0, 0.05) is 6.08 Å². The summed E-state index contributed by atoms with van der Waals surface area (Å²) in [6.07, 6.45) is 2.82. The van der Waals surface area contributed by atoms with Crippen LogP contribution in [0.2, 0.25) is 5.02 Å². The summed E-state index contributed by atoms with van der Waals surface area (Å²) in [5.74, 6) is 0.0767. The van der Waals surface area contributed by atoms with Crippen LogP contribution in [0.3, 0.4) is 0 Å². The molecule has 2 rings (SSSR count). The second-order valence-corrected chi connectivity index (χ2v) is 6.68. The highest BCUT2D eigenvalue weighted by Gasteiger charge is 2.11. The quantitative estimate of drug-likeness (QED) is 0.503. The maximum atomic E-state index is 12.1. The number of benzene rings is 2. The van der Waals surface area contributed by atoms with Gasteiger partial charge in [0.05, 0.1) is 24.4 Å². The predicted molar refractivity (Wildman–Crippen MR) is 114 cm³/mol. The van der Waals surface area contributed by atoms with Crippen LogP contribution in [0.1, 0.15) is 23.6 Å². The number of rotatable bonds is 8. The minimum absolute atomic E-state index is 0.417. The zero-order valence-corrected chi connectivity index (χ0v) is 17.6. The van der Waals surface area contributed by atoms with Crippen LogP contribution in [0.15, 0.2) is 36.4 Å². The number of aryl methyl sites for hydroxylation is 2. The van der Waals surface area contributed by atoms with E-state index in [4.69, 9.17) is 25.8 Å². The van der Waals surface area contributed by atoms with E-state index in [9.17, 15) is 9.59 Å². The molecule has 7 heteroatoms. The lowest BCUT2D eigenvalue weighted by molar-refractivity contribution is -0.142. The van der Waals surface area contributed by atoms with Gasteiger partial charge in [-0.2, -0.15) is 0 Å². The van der Waals surface area contributed by atoms with Gasteiger partial charge in [0.15, 0.2) is 18.1 Å². The predicted octanol–water partition coefficient (Wildman–Crippen LogP) is 4.56. The Morgan fingerprint density at radius 2 is 1.90 bits per heavy atom. The van der Waals surface area contributed by atoms with Crippen molar-refractivity contribution in [2.45, 2.75) is 20.8 Å². The van der Waals surface area contributed by atoms with Crippen molar-refractivity contribution in [1.82, 2.24) is 0 Å². The molecule has 0 radical (unpaired) electrons. The molecule has 1 N–H and O–H groups in total. The topological polar surface area (TPSA) is 73.9 Å². The first kappa shape index (κ1) is 22.3. The Kier molecular flexibility index (Phi) is 8.09. The van der Waals surface area contributed by atoms with Gasteiger partial charge < -0.3 is 19.5 Å². The van der Waals surface area contributed by atoms with Crippen molar-refractivity contribution in [3.8, 4) is 11.5 Å². The van der Waals surface area contributed by atoms with E-state index in [0.29, 0.717) is 28.8 Å². The van der Waals surface area contributed by atoms with E-state index in [-0.39, 0.29) is 0 Å².